The van der Waals surface area contributed by atoms with Crippen molar-refractivity contribution in [2.45, 2.75) is 95.7 Å². The van der Waals surface area contributed by atoms with Crippen molar-refractivity contribution < 1.29 is 33.2 Å². The highest BCUT2D eigenvalue weighted by Crippen LogP contribution is 2.61. The Hall–Kier alpha value is -0.730. The van der Waals surface area contributed by atoms with Crippen molar-refractivity contribution >= 4 is 5.97 Å². The van der Waals surface area contributed by atoms with Crippen molar-refractivity contribution in [2.24, 2.45) is 11.3 Å². The molecule has 1 spiro atoms. The summed E-state index contributed by atoms with van der Waals surface area (Å²) >= 11 is 0. The molecule has 5 rings (SSSR count). The molecular formula is C19H28O7. The molecule has 146 valence electrons. The van der Waals surface area contributed by atoms with E-state index in [9.17, 15) is 4.79 Å². The average Bonchev–Trinajstić information content (AvgIpc) is 3.23. The van der Waals surface area contributed by atoms with Crippen molar-refractivity contribution in [3.8, 4) is 0 Å². The summed E-state index contributed by atoms with van der Waals surface area (Å²) in [7, 11) is 0. The topological polar surface area (TPSA) is 72.5 Å². The zero-order valence-electron chi connectivity index (χ0n) is 15.9. The summed E-state index contributed by atoms with van der Waals surface area (Å²) in [5.41, 5.74) is -0.359. The molecule has 0 radical (unpaired) electrons. The van der Waals surface area contributed by atoms with Gasteiger partial charge >= 0.3 is 5.97 Å². The Morgan fingerprint density at radius 3 is 2.50 bits per heavy atom. The molecule has 0 amide bonds. The van der Waals surface area contributed by atoms with E-state index in [-0.39, 0.29) is 41.7 Å². The van der Waals surface area contributed by atoms with Crippen LogP contribution in [0.5, 0.6) is 0 Å². The van der Waals surface area contributed by atoms with Crippen LogP contribution in [-0.2, 0) is 33.2 Å². The van der Waals surface area contributed by atoms with E-state index in [0.29, 0.717) is 13.0 Å². The van der Waals surface area contributed by atoms with Crippen LogP contribution in [0.4, 0.5) is 0 Å². The van der Waals surface area contributed by atoms with Gasteiger partial charge in [0.25, 0.3) is 0 Å². The predicted octanol–water partition coefficient (Wildman–Crippen LogP) is 2.12. The van der Waals surface area contributed by atoms with Crippen LogP contribution in [0.15, 0.2) is 0 Å². The van der Waals surface area contributed by atoms with Crippen molar-refractivity contribution in [2.75, 3.05) is 6.61 Å². The molecule has 4 heterocycles. The van der Waals surface area contributed by atoms with Crippen molar-refractivity contribution in [1.82, 2.24) is 0 Å². The second kappa shape index (κ2) is 5.41. The van der Waals surface area contributed by atoms with E-state index in [4.69, 9.17) is 28.4 Å². The van der Waals surface area contributed by atoms with Crippen LogP contribution >= 0.6 is 0 Å². The SMILES string of the molecule is CC1(C)OC[C@H]([C@H]2O[C@@H]3OC(C)(C)O[C@@H]3[C@@]23CCC[C@H]2OC(=O)C[C@H]23)O1. The van der Waals surface area contributed by atoms with Gasteiger partial charge in [0.1, 0.15) is 18.3 Å². The number of rotatable bonds is 1. The Kier molecular flexibility index (Phi) is 3.62. The Bertz CT molecular complexity index is 617. The summed E-state index contributed by atoms with van der Waals surface area (Å²) in [6.07, 6.45) is 2.01. The van der Waals surface area contributed by atoms with Crippen LogP contribution in [0.25, 0.3) is 0 Å². The molecule has 0 aromatic heterocycles. The summed E-state index contributed by atoms with van der Waals surface area (Å²) in [5, 5.41) is 0. The Balaban J connectivity index is 1.54. The second-order valence-corrected chi connectivity index (χ2v) is 9.19. The fourth-order valence-electron chi connectivity index (χ4n) is 5.83. The Labute approximate surface area is 153 Å². The van der Waals surface area contributed by atoms with Crippen LogP contribution in [0, 0.1) is 11.3 Å². The van der Waals surface area contributed by atoms with Crippen LogP contribution in [-0.4, -0.2) is 54.9 Å². The minimum atomic E-state index is -0.698. The molecule has 4 aliphatic heterocycles. The van der Waals surface area contributed by atoms with Crippen molar-refractivity contribution in [1.29, 1.82) is 0 Å². The average molecular weight is 368 g/mol. The molecule has 26 heavy (non-hydrogen) atoms. The zero-order chi connectivity index (χ0) is 18.3. The normalized spacial score (nSPS) is 51.5. The second-order valence-electron chi connectivity index (χ2n) is 9.19. The van der Waals surface area contributed by atoms with Gasteiger partial charge in [-0.15, -0.1) is 0 Å². The van der Waals surface area contributed by atoms with Gasteiger partial charge in [-0.3, -0.25) is 4.79 Å². The van der Waals surface area contributed by atoms with Crippen LogP contribution in [0.2, 0.25) is 0 Å². The molecule has 0 aromatic carbocycles. The predicted molar refractivity (Wildman–Crippen MR) is 87.9 cm³/mol. The van der Waals surface area contributed by atoms with E-state index in [1.807, 2.05) is 27.7 Å². The lowest BCUT2D eigenvalue weighted by atomic mass is 9.58. The molecule has 0 unspecified atom stereocenters. The van der Waals surface area contributed by atoms with Gasteiger partial charge in [-0.2, -0.15) is 0 Å². The van der Waals surface area contributed by atoms with Gasteiger partial charge in [0.15, 0.2) is 17.9 Å². The molecule has 0 bridgehead atoms. The first-order chi connectivity index (χ1) is 12.2. The maximum absolute atomic E-state index is 12.1. The van der Waals surface area contributed by atoms with Crippen LogP contribution < -0.4 is 0 Å². The van der Waals surface area contributed by atoms with Crippen LogP contribution in [0.1, 0.15) is 53.4 Å². The molecule has 4 saturated heterocycles. The van der Waals surface area contributed by atoms with E-state index < -0.39 is 17.9 Å². The first-order valence-electron chi connectivity index (χ1n) is 9.73. The molecule has 7 heteroatoms. The third-order valence-corrected chi connectivity index (χ3v) is 6.67. The standard InChI is InChI=1S/C19H28O7/c1-17(2)21-9-12(24-17)14-19(15-16(23-14)26-18(3,4)25-15)7-5-6-11-10(19)8-13(20)22-11/h10-12,14-16H,5-9H2,1-4H3/t10-,11-,12-,14-,15+,16-,19-/m1/s1. The minimum absolute atomic E-state index is 0.0635. The lowest BCUT2D eigenvalue weighted by Crippen LogP contribution is -2.56. The van der Waals surface area contributed by atoms with Gasteiger partial charge < -0.3 is 28.4 Å². The fourth-order valence-corrected chi connectivity index (χ4v) is 5.83. The van der Waals surface area contributed by atoms with E-state index >= 15 is 0 Å². The summed E-state index contributed by atoms with van der Waals surface area (Å²) in [4.78, 5) is 12.1. The fraction of sp³-hybridized carbons (Fsp3) is 0.947. The first-order valence-corrected chi connectivity index (χ1v) is 9.73. The number of fused-ring (bicyclic) bond motifs is 4. The molecule has 5 aliphatic rings. The number of carbonyl (C=O) groups excluding carboxylic acids is 1. The number of hydrogen-bond donors (Lipinski definition) is 0. The van der Waals surface area contributed by atoms with Gasteiger partial charge in [0, 0.05) is 11.3 Å². The monoisotopic (exact) mass is 368 g/mol. The van der Waals surface area contributed by atoms with E-state index in [2.05, 4.69) is 0 Å². The minimum Gasteiger partial charge on any atom is -0.462 e. The lowest BCUT2D eigenvalue weighted by Gasteiger charge is -2.48. The van der Waals surface area contributed by atoms with E-state index in [1.54, 1.807) is 0 Å². The zero-order valence-corrected chi connectivity index (χ0v) is 15.9. The number of hydrogen-bond acceptors (Lipinski definition) is 7. The highest BCUT2D eigenvalue weighted by Gasteiger charge is 2.71. The molecule has 7 atom stereocenters. The maximum atomic E-state index is 12.1. The van der Waals surface area contributed by atoms with Gasteiger partial charge in [0.05, 0.1) is 19.1 Å². The van der Waals surface area contributed by atoms with Gasteiger partial charge in [0.2, 0.25) is 0 Å². The lowest BCUT2D eigenvalue weighted by molar-refractivity contribution is -0.247. The molecule has 1 aliphatic carbocycles. The molecule has 7 nitrogen and oxygen atoms in total. The van der Waals surface area contributed by atoms with Crippen LogP contribution in [0.3, 0.4) is 0 Å². The molecule has 5 fully saturated rings. The van der Waals surface area contributed by atoms with Crippen molar-refractivity contribution in [3.05, 3.63) is 0 Å². The quantitative estimate of drug-likeness (QED) is 0.657. The molecule has 0 N–H and O–H groups in total. The number of ether oxygens (including phenoxy) is 6. The van der Waals surface area contributed by atoms with Gasteiger partial charge in [-0.1, -0.05) is 0 Å². The summed E-state index contributed by atoms with van der Waals surface area (Å²) in [6, 6.07) is 0. The van der Waals surface area contributed by atoms with E-state index in [0.717, 1.165) is 19.3 Å². The third-order valence-electron chi connectivity index (χ3n) is 6.67. The number of esters is 1. The molecular weight excluding hydrogens is 340 g/mol. The smallest absolute Gasteiger partial charge is 0.306 e. The van der Waals surface area contributed by atoms with Crippen molar-refractivity contribution in [3.63, 3.8) is 0 Å². The molecule has 0 aromatic rings. The maximum Gasteiger partial charge on any atom is 0.306 e. The Morgan fingerprint density at radius 2 is 1.77 bits per heavy atom. The van der Waals surface area contributed by atoms with E-state index in [1.165, 1.54) is 0 Å². The highest BCUT2D eigenvalue weighted by molar-refractivity contribution is 5.72. The summed E-state index contributed by atoms with van der Waals surface area (Å²) in [6.45, 7) is 8.11. The largest absolute Gasteiger partial charge is 0.462 e. The summed E-state index contributed by atoms with van der Waals surface area (Å²) in [5.74, 6) is -1.39. The highest BCUT2D eigenvalue weighted by atomic mass is 16.8. The third kappa shape index (κ3) is 2.41. The van der Waals surface area contributed by atoms with Gasteiger partial charge in [-0.25, -0.2) is 0 Å². The summed E-state index contributed by atoms with van der Waals surface area (Å²) < 4.78 is 36.4. The molecule has 1 saturated carbocycles. The first kappa shape index (κ1) is 17.4. The number of carbonyl (C=O) groups is 1. The Morgan fingerprint density at radius 1 is 0.962 bits per heavy atom. The van der Waals surface area contributed by atoms with Gasteiger partial charge in [-0.05, 0) is 47.0 Å².